The lowest BCUT2D eigenvalue weighted by Gasteiger charge is -2.39. The van der Waals surface area contributed by atoms with Gasteiger partial charge >= 0.3 is 0 Å². The minimum absolute atomic E-state index is 0.198. The maximum atomic E-state index is 9.76. The highest BCUT2D eigenvalue weighted by molar-refractivity contribution is 5.13. The van der Waals surface area contributed by atoms with Gasteiger partial charge in [0.2, 0.25) is 0 Å². The molecule has 0 spiro atoms. The van der Waals surface area contributed by atoms with Gasteiger partial charge in [-0.2, -0.15) is 0 Å². The fraction of sp³-hybridized carbons (Fsp3) is 0.538. The van der Waals surface area contributed by atoms with Crippen LogP contribution in [0.4, 0.5) is 0 Å². The lowest BCUT2D eigenvalue weighted by molar-refractivity contribution is -0.304. The van der Waals surface area contributed by atoms with Crippen molar-refractivity contribution in [2.75, 3.05) is 6.61 Å². The van der Waals surface area contributed by atoms with Crippen molar-refractivity contribution >= 4 is 0 Å². The molecule has 1 aliphatic heterocycles. The lowest BCUT2D eigenvalue weighted by atomic mass is 9.99. The van der Waals surface area contributed by atoms with Gasteiger partial charge in [-0.3, -0.25) is 0 Å². The average Bonchev–Trinajstić information content (AvgIpc) is 2.45. The molecule has 6 heteroatoms. The third kappa shape index (κ3) is 3.30. The van der Waals surface area contributed by atoms with Gasteiger partial charge in [-0.1, -0.05) is 30.3 Å². The van der Waals surface area contributed by atoms with Crippen LogP contribution in [-0.4, -0.2) is 57.7 Å². The standard InChI is InChI=1S/C13H18O6/c14-6-9-10(15)11(16)12(17)13(19-9)18-7-8-4-2-1-3-5-8/h1-5,9-17H,6-7H2/t9-,10-,11+,12+,13+/m0/s1. The minimum Gasteiger partial charge on any atom is -0.394 e. The van der Waals surface area contributed by atoms with Crippen LogP contribution in [0.25, 0.3) is 0 Å². The van der Waals surface area contributed by atoms with E-state index in [-0.39, 0.29) is 6.61 Å². The first-order chi connectivity index (χ1) is 9.13. The first-order valence-corrected chi connectivity index (χ1v) is 6.09. The van der Waals surface area contributed by atoms with Crippen LogP contribution in [0.1, 0.15) is 5.56 Å². The van der Waals surface area contributed by atoms with Crippen LogP contribution in [0.15, 0.2) is 30.3 Å². The molecule has 5 atom stereocenters. The molecule has 6 nitrogen and oxygen atoms in total. The summed E-state index contributed by atoms with van der Waals surface area (Å²) in [6.07, 6.45) is -6.17. The van der Waals surface area contributed by atoms with Crippen molar-refractivity contribution < 1.29 is 29.9 Å². The monoisotopic (exact) mass is 270 g/mol. The van der Waals surface area contributed by atoms with E-state index in [0.29, 0.717) is 0 Å². The molecule has 0 bridgehead atoms. The van der Waals surface area contributed by atoms with Crippen molar-refractivity contribution in [1.29, 1.82) is 0 Å². The Balaban J connectivity index is 1.95. The van der Waals surface area contributed by atoms with Gasteiger partial charge in [-0.15, -0.1) is 0 Å². The molecule has 0 amide bonds. The van der Waals surface area contributed by atoms with Gasteiger partial charge in [-0.05, 0) is 5.56 Å². The first-order valence-electron chi connectivity index (χ1n) is 6.09. The van der Waals surface area contributed by atoms with Crippen molar-refractivity contribution in [2.45, 2.75) is 37.3 Å². The molecule has 4 N–H and O–H groups in total. The fourth-order valence-electron chi connectivity index (χ4n) is 1.96. The molecule has 106 valence electrons. The van der Waals surface area contributed by atoms with E-state index >= 15 is 0 Å². The number of hydrogen-bond donors (Lipinski definition) is 4. The second kappa shape index (κ2) is 6.42. The summed E-state index contributed by atoms with van der Waals surface area (Å²) in [7, 11) is 0. The second-order valence-corrected chi connectivity index (χ2v) is 4.49. The van der Waals surface area contributed by atoms with Crippen molar-refractivity contribution in [3.63, 3.8) is 0 Å². The van der Waals surface area contributed by atoms with E-state index in [1.165, 1.54) is 0 Å². The molecular weight excluding hydrogens is 252 g/mol. The van der Waals surface area contributed by atoms with E-state index in [0.717, 1.165) is 5.56 Å². The highest BCUT2D eigenvalue weighted by atomic mass is 16.7. The average molecular weight is 270 g/mol. The van der Waals surface area contributed by atoms with Crippen LogP contribution in [0.3, 0.4) is 0 Å². The van der Waals surface area contributed by atoms with Crippen LogP contribution >= 0.6 is 0 Å². The summed E-state index contributed by atoms with van der Waals surface area (Å²) in [6.45, 7) is -0.264. The largest absolute Gasteiger partial charge is 0.394 e. The molecule has 19 heavy (non-hydrogen) atoms. The second-order valence-electron chi connectivity index (χ2n) is 4.49. The van der Waals surface area contributed by atoms with Crippen molar-refractivity contribution in [2.24, 2.45) is 0 Å². The third-order valence-corrected chi connectivity index (χ3v) is 3.11. The molecule has 0 aliphatic carbocycles. The Morgan fingerprint density at radius 2 is 1.68 bits per heavy atom. The summed E-state index contributed by atoms with van der Waals surface area (Å²) >= 11 is 0. The van der Waals surface area contributed by atoms with E-state index in [2.05, 4.69) is 0 Å². The molecule has 2 rings (SSSR count). The number of rotatable bonds is 4. The fourth-order valence-corrected chi connectivity index (χ4v) is 1.96. The van der Waals surface area contributed by atoms with Crippen LogP contribution in [0.2, 0.25) is 0 Å². The maximum absolute atomic E-state index is 9.76. The number of benzene rings is 1. The zero-order chi connectivity index (χ0) is 13.8. The molecular formula is C13H18O6. The zero-order valence-electron chi connectivity index (χ0n) is 10.3. The molecule has 0 saturated carbocycles. The first kappa shape index (κ1) is 14.4. The Bertz CT molecular complexity index is 382. The minimum atomic E-state index is -1.41. The molecule has 0 radical (unpaired) electrons. The van der Waals surface area contributed by atoms with Gasteiger partial charge in [0, 0.05) is 0 Å². The zero-order valence-corrected chi connectivity index (χ0v) is 10.3. The normalized spacial score (nSPS) is 35.3. The van der Waals surface area contributed by atoms with Gasteiger partial charge in [0.25, 0.3) is 0 Å². The molecule has 1 aliphatic rings. The Hall–Kier alpha value is -1.02. The molecule has 1 saturated heterocycles. The van der Waals surface area contributed by atoms with Crippen molar-refractivity contribution in [1.82, 2.24) is 0 Å². The van der Waals surface area contributed by atoms with Crippen molar-refractivity contribution in [3.8, 4) is 0 Å². The van der Waals surface area contributed by atoms with E-state index in [9.17, 15) is 15.3 Å². The highest BCUT2D eigenvalue weighted by Gasteiger charge is 2.43. The summed E-state index contributed by atoms with van der Waals surface area (Å²) in [6, 6.07) is 9.28. The predicted octanol–water partition coefficient (Wildman–Crippen LogP) is -0.997. The van der Waals surface area contributed by atoms with Gasteiger partial charge in [0.15, 0.2) is 6.29 Å². The van der Waals surface area contributed by atoms with Crippen LogP contribution in [0, 0.1) is 0 Å². The summed E-state index contributed by atoms with van der Waals surface area (Å²) in [5.41, 5.74) is 0.888. The quantitative estimate of drug-likeness (QED) is 0.560. The number of aliphatic hydroxyl groups is 4. The SMILES string of the molecule is OC[C@@H]1O[C@@H](OCc2ccccc2)[C@H](O)[C@H](O)[C@H]1O. The lowest BCUT2D eigenvalue weighted by Crippen LogP contribution is -2.59. The summed E-state index contributed by atoms with van der Waals surface area (Å²) in [5, 5.41) is 38.0. The Morgan fingerprint density at radius 3 is 2.32 bits per heavy atom. The topological polar surface area (TPSA) is 99.4 Å². The van der Waals surface area contributed by atoms with Crippen LogP contribution in [0.5, 0.6) is 0 Å². The Morgan fingerprint density at radius 1 is 1.00 bits per heavy atom. The number of aliphatic hydroxyl groups excluding tert-OH is 4. The molecule has 1 aromatic rings. The van der Waals surface area contributed by atoms with Crippen LogP contribution < -0.4 is 0 Å². The van der Waals surface area contributed by atoms with Crippen LogP contribution in [-0.2, 0) is 16.1 Å². The number of hydrogen-bond acceptors (Lipinski definition) is 6. The van der Waals surface area contributed by atoms with Gasteiger partial charge in [-0.25, -0.2) is 0 Å². The smallest absolute Gasteiger partial charge is 0.187 e. The Labute approximate surface area is 110 Å². The van der Waals surface area contributed by atoms with Gasteiger partial charge in [0.05, 0.1) is 13.2 Å². The van der Waals surface area contributed by atoms with Gasteiger partial charge < -0.3 is 29.9 Å². The number of ether oxygens (including phenoxy) is 2. The summed E-state index contributed by atoms with van der Waals surface area (Å²) in [5.74, 6) is 0. The van der Waals surface area contributed by atoms with E-state index in [1.807, 2.05) is 30.3 Å². The molecule has 1 aromatic carbocycles. The Kier molecular flexibility index (Phi) is 4.87. The third-order valence-electron chi connectivity index (χ3n) is 3.11. The van der Waals surface area contributed by atoms with E-state index in [1.54, 1.807) is 0 Å². The molecule has 1 fully saturated rings. The van der Waals surface area contributed by atoms with E-state index < -0.39 is 37.3 Å². The summed E-state index contributed by atoms with van der Waals surface area (Å²) < 4.78 is 10.6. The maximum Gasteiger partial charge on any atom is 0.187 e. The highest BCUT2D eigenvalue weighted by Crippen LogP contribution is 2.22. The molecule has 1 heterocycles. The van der Waals surface area contributed by atoms with Crippen molar-refractivity contribution in [3.05, 3.63) is 35.9 Å². The molecule has 0 unspecified atom stereocenters. The van der Waals surface area contributed by atoms with E-state index in [4.69, 9.17) is 14.6 Å². The molecule has 0 aromatic heterocycles. The summed E-state index contributed by atoms with van der Waals surface area (Å²) in [4.78, 5) is 0. The van der Waals surface area contributed by atoms with Gasteiger partial charge in [0.1, 0.15) is 24.4 Å². The predicted molar refractivity (Wildman–Crippen MR) is 65.0 cm³/mol.